The van der Waals surface area contributed by atoms with Crippen LogP contribution in [0.3, 0.4) is 0 Å². The zero-order valence-corrected chi connectivity index (χ0v) is 20.0. The molecule has 2 amide bonds. The largest absolute Gasteiger partial charge is 0.365 e. The summed E-state index contributed by atoms with van der Waals surface area (Å²) in [4.78, 5) is 45.5. The van der Waals surface area contributed by atoms with Crippen LogP contribution in [0.5, 0.6) is 0 Å². The molecule has 0 saturated heterocycles. The second kappa shape index (κ2) is 9.35. The number of benzene rings is 2. The first-order valence-corrected chi connectivity index (χ1v) is 12.2. The number of aromatic amines is 1. The quantitative estimate of drug-likeness (QED) is 0.309. The molecule has 3 heterocycles. The number of rotatable bonds is 6. The summed E-state index contributed by atoms with van der Waals surface area (Å²) in [5.74, 6) is -0.801. The molecule has 0 saturated carbocycles. The van der Waals surface area contributed by atoms with Crippen LogP contribution < -0.4 is 16.3 Å². The van der Waals surface area contributed by atoms with Crippen molar-refractivity contribution in [2.45, 2.75) is 25.4 Å². The van der Waals surface area contributed by atoms with E-state index in [1.54, 1.807) is 12.3 Å². The third-order valence-electron chi connectivity index (χ3n) is 6.23. The first-order valence-electron chi connectivity index (χ1n) is 11.4. The van der Waals surface area contributed by atoms with E-state index in [0.717, 1.165) is 33.2 Å². The van der Waals surface area contributed by atoms with E-state index in [0.29, 0.717) is 18.7 Å². The van der Waals surface area contributed by atoms with Crippen molar-refractivity contribution in [1.82, 2.24) is 45.2 Å². The Morgan fingerprint density at radius 3 is 2.78 bits per heavy atom. The number of hydrogen-bond donors (Lipinski definition) is 3. The van der Waals surface area contributed by atoms with Crippen LogP contribution in [-0.4, -0.2) is 46.4 Å². The van der Waals surface area contributed by atoms with Gasteiger partial charge in [-0.15, -0.1) is 0 Å². The van der Waals surface area contributed by atoms with Gasteiger partial charge in [-0.05, 0) is 69.7 Å². The normalized spacial score (nSPS) is 14.4. The van der Waals surface area contributed by atoms with Gasteiger partial charge in [0.15, 0.2) is 0 Å². The molecule has 1 aliphatic rings. The Kier molecular flexibility index (Phi) is 5.73. The zero-order chi connectivity index (χ0) is 25.4. The molecule has 3 aromatic heterocycles. The number of tetrazole rings is 1. The fourth-order valence-corrected chi connectivity index (χ4v) is 5.09. The van der Waals surface area contributed by atoms with Crippen LogP contribution in [0.1, 0.15) is 50.1 Å². The minimum Gasteiger partial charge on any atom is -0.347 e. The Morgan fingerprint density at radius 1 is 1.08 bits per heavy atom. The molecule has 0 fully saturated rings. The van der Waals surface area contributed by atoms with Gasteiger partial charge in [-0.1, -0.05) is 18.2 Å². The predicted molar refractivity (Wildman–Crippen MR) is 133 cm³/mol. The number of fused-ring (bicyclic) bond motifs is 2. The summed E-state index contributed by atoms with van der Waals surface area (Å²) in [5.41, 5.74) is 3.29. The van der Waals surface area contributed by atoms with Crippen LogP contribution in [0.15, 0.2) is 59.8 Å². The molecule has 13 heteroatoms. The summed E-state index contributed by atoms with van der Waals surface area (Å²) in [7, 11) is 0. The van der Waals surface area contributed by atoms with Crippen molar-refractivity contribution in [2.24, 2.45) is 0 Å². The minimum atomic E-state index is -0.424. The van der Waals surface area contributed by atoms with Crippen molar-refractivity contribution < 1.29 is 9.59 Å². The fourth-order valence-electron chi connectivity index (χ4n) is 4.38. The van der Waals surface area contributed by atoms with Crippen molar-refractivity contribution >= 4 is 33.4 Å². The van der Waals surface area contributed by atoms with Gasteiger partial charge in [-0.3, -0.25) is 9.59 Å². The van der Waals surface area contributed by atoms with Crippen LogP contribution in [0.2, 0.25) is 0 Å². The molecule has 184 valence electrons. The van der Waals surface area contributed by atoms with Gasteiger partial charge in [0, 0.05) is 24.2 Å². The van der Waals surface area contributed by atoms with Gasteiger partial charge in [0.2, 0.25) is 0 Å². The SMILES string of the molecule is O=C(NCc1ccc2cnsc2c1)c1cc(C(=O)N[C@@H]2CCc3cc(-n4nn[nH]c4=O)ccc32)ncn1. The topological polar surface area (TPSA) is 160 Å². The molecule has 0 spiro atoms. The summed E-state index contributed by atoms with van der Waals surface area (Å²) in [5, 5.41) is 16.4. The number of nitrogens with zero attached hydrogens (tertiary/aromatic N) is 6. The molecule has 0 radical (unpaired) electrons. The highest BCUT2D eigenvalue weighted by Crippen LogP contribution is 2.32. The van der Waals surface area contributed by atoms with Gasteiger partial charge < -0.3 is 10.6 Å². The van der Waals surface area contributed by atoms with Crippen molar-refractivity contribution in [2.75, 3.05) is 0 Å². The van der Waals surface area contributed by atoms with Gasteiger partial charge in [-0.2, -0.15) is 9.06 Å². The minimum absolute atomic E-state index is 0.102. The number of hydrogen-bond acceptors (Lipinski definition) is 9. The lowest BCUT2D eigenvalue weighted by Gasteiger charge is -2.14. The fraction of sp³-hybridized carbons (Fsp3) is 0.167. The first kappa shape index (κ1) is 22.7. The average molecular weight is 514 g/mol. The predicted octanol–water partition coefficient (Wildman–Crippen LogP) is 1.70. The molecule has 3 N–H and O–H groups in total. The molecular formula is C24H19N9O3S. The van der Waals surface area contributed by atoms with Crippen LogP contribution >= 0.6 is 11.5 Å². The second-order valence-electron chi connectivity index (χ2n) is 8.54. The lowest BCUT2D eigenvalue weighted by Crippen LogP contribution is -2.29. The van der Waals surface area contributed by atoms with Gasteiger partial charge in [0.1, 0.15) is 17.7 Å². The standard InChI is InChI=1S/C24H19N9O3S/c34-22(25-10-13-1-2-15-11-28-37-21(15)7-13)19-9-20(27-12-26-19)23(35)29-18-6-3-14-8-16(4-5-17(14)18)33-24(36)30-31-32-33/h1-2,4-5,7-9,11-12,18H,3,6,10H2,(H,25,34)(H,29,35)(H,30,32,36)/t18-/m1/s1. The van der Waals surface area contributed by atoms with Gasteiger partial charge in [-0.25, -0.2) is 19.9 Å². The number of aryl methyl sites for hydroxylation is 1. The van der Waals surface area contributed by atoms with Gasteiger partial charge in [0.05, 0.1) is 16.4 Å². The maximum atomic E-state index is 13.0. The molecule has 0 aliphatic heterocycles. The highest BCUT2D eigenvalue weighted by molar-refractivity contribution is 7.13. The van der Waals surface area contributed by atoms with Crippen LogP contribution in [0.4, 0.5) is 0 Å². The third kappa shape index (κ3) is 4.47. The van der Waals surface area contributed by atoms with E-state index in [4.69, 9.17) is 0 Å². The number of carbonyl (C=O) groups is 2. The van der Waals surface area contributed by atoms with Gasteiger partial charge in [0.25, 0.3) is 11.8 Å². The molecule has 0 unspecified atom stereocenters. The van der Waals surface area contributed by atoms with E-state index < -0.39 is 17.5 Å². The summed E-state index contributed by atoms with van der Waals surface area (Å²) in [6.45, 7) is 0.319. The summed E-state index contributed by atoms with van der Waals surface area (Å²) in [6.07, 6.45) is 4.43. The molecule has 1 atom stereocenters. The van der Waals surface area contributed by atoms with Crippen molar-refractivity contribution in [1.29, 1.82) is 0 Å². The molecule has 2 aromatic carbocycles. The van der Waals surface area contributed by atoms with E-state index in [1.165, 1.54) is 28.6 Å². The molecule has 12 nitrogen and oxygen atoms in total. The number of H-pyrrole nitrogens is 1. The Balaban J connectivity index is 1.12. The third-order valence-corrected chi connectivity index (χ3v) is 6.99. The number of carbonyl (C=O) groups excluding carboxylic acids is 2. The first-order chi connectivity index (χ1) is 18.0. The Bertz CT molecular complexity index is 1710. The lowest BCUT2D eigenvalue weighted by atomic mass is 10.1. The highest BCUT2D eigenvalue weighted by Gasteiger charge is 2.26. The lowest BCUT2D eigenvalue weighted by molar-refractivity contribution is 0.0931. The summed E-state index contributed by atoms with van der Waals surface area (Å²) >= 11 is 1.40. The highest BCUT2D eigenvalue weighted by atomic mass is 32.1. The van der Waals surface area contributed by atoms with E-state index in [-0.39, 0.29) is 17.4 Å². The van der Waals surface area contributed by atoms with E-state index in [2.05, 4.69) is 40.5 Å². The number of nitrogens with one attached hydrogen (secondary N) is 3. The van der Waals surface area contributed by atoms with Crippen LogP contribution in [0.25, 0.3) is 15.8 Å². The Labute approximate surface area is 212 Å². The maximum absolute atomic E-state index is 13.0. The zero-order valence-electron chi connectivity index (χ0n) is 19.2. The molecule has 5 aromatic rings. The monoisotopic (exact) mass is 513 g/mol. The van der Waals surface area contributed by atoms with Crippen LogP contribution in [-0.2, 0) is 13.0 Å². The van der Waals surface area contributed by atoms with Gasteiger partial charge >= 0.3 is 5.69 Å². The number of aromatic nitrogens is 7. The van der Waals surface area contributed by atoms with Crippen molar-refractivity contribution in [3.05, 3.63) is 93.6 Å². The number of amides is 2. The summed E-state index contributed by atoms with van der Waals surface area (Å²) < 4.78 is 6.38. The van der Waals surface area contributed by atoms with Crippen molar-refractivity contribution in [3.63, 3.8) is 0 Å². The Morgan fingerprint density at radius 2 is 1.95 bits per heavy atom. The second-order valence-corrected chi connectivity index (χ2v) is 9.37. The summed E-state index contributed by atoms with van der Waals surface area (Å²) in [6, 6.07) is 12.5. The molecule has 1 aliphatic carbocycles. The smallest absolute Gasteiger partial charge is 0.347 e. The molecule has 37 heavy (non-hydrogen) atoms. The van der Waals surface area contributed by atoms with E-state index in [1.807, 2.05) is 30.3 Å². The average Bonchev–Trinajstić information content (AvgIpc) is 3.66. The molecule has 0 bridgehead atoms. The van der Waals surface area contributed by atoms with E-state index >= 15 is 0 Å². The molecular weight excluding hydrogens is 494 g/mol. The van der Waals surface area contributed by atoms with Crippen LogP contribution in [0, 0.1) is 0 Å². The Hall–Kier alpha value is -4.78. The van der Waals surface area contributed by atoms with E-state index in [9.17, 15) is 14.4 Å². The molecule has 6 rings (SSSR count). The maximum Gasteiger partial charge on any atom is 0.365 e. The van der Waals surface area contributed by atoms with Crippen molar-refractivity contribution in [3.8, 4) is 5.69 Å².